The molecule has 1 aliphatic heterocycles. The van der Waals surface area contributed by atoms with Gasteiger partial charge in [-0.15, -0.1) is 0 Å². The number of benzene rings is 2. The molecule has 180 valence electrons. The van der Waals surface area contributed by atoms with Crippen molar-refractivity contribution in [3.05, 3.63) is 71.3 Å². The maximum atomic E-state index is 14.1. The highest BCUT2D eigenvalue weighted by Gasteiger charge is 2.35. The van der Waals surface area contributed by atoms with E-state index in [0.29, 0.717) is 24.5 Å². The summed E-state index contributed by atoms with van der Waals surface area (Å²) in [6.07, 6.45) is 3.49. The monoisotopic (exact) mass is 486 g/mol. The molecule has 0 bridgehead atoms. The first kappa shape index (κ1) is 24.4. The second-order valence-electron chi connectivity index (χ2n) is 9.02. The molecule has 5 nitrogen and oxygen atoms in total. The number of hydrogen-bond acceptors (Lipinski definition) is 4. The summed E-state index contributed by atoms with van der Waals surface area (Å²) in [6.45, 7) is -0.0856. The Balaban J connectivity index is 1.35. The minimum atomic E-state index is -0.976. The van der Waals surface area contributed by atoms with Crippen molar-refractivity contribution in [1.82, 2.24) is 10.2 Å². The zero-order valence-corrected chi connectivity index (χ0v) is 19.7. The molecule has 0 spiro atoms. The lowest BCUT2D eigenvalue weighted by Crippen LogP contribution is -2.43. The minimum absolute atomic E-state index is 0.0282. The van der Waals surface area contributed by atoms with Crippen LogP contribution in [0.2, 0.25) is 0 Å². The topological polar surface area (TPSA) is 66.5 Å². The van der Waals surface area contributed by atoms with Gasteiger partial charge >= 0.3 is 0 Å². The lowest BCUT2D eigenvalue weighted by Gasteiger charge is -2.26. The van der Waals surface area contributed by atoms with Gasteiger partial charge in [0, 0.05) is 36.7 Å². The van der Waals surface area contributed by atoms with Crippen molar-refractivity contribution >= 4 is 28.7 Å². The van der Waals surface area contributed by atoms with E-state index in [9.17, 15) is 23.2 Å². The third-order valence-corrected chi connectivity index (χ3v) is 7.40. The highest BCUT2D eigenvalue weighted by Crippen LogP contribution is 2.35. The molecule has 1 saturated carbocycles. The molecule has 34 heavy (non-hydrogen) atoms. The smallest absolute Gasteiger partial charge is 0.223 e. The number of halogens is 2. The van der Waals surface area contributed by atoms with Crippen LogP contribution < -0.4 is 5.32 Å². The third-order valence-electron chi connectivity index (χ3n) is 6.36. The first-order valence-corrected chi connectivity index (χ1v) is 12.6. The Hall–Kier alpha value is -2.74. The lowest BCUT2D eigenvalue weighted by atomic mass is 10.1. The second kappa shape index (κ2) is 11.1. The van der Waals surface area contributed by atoms with E-state index >= 15 is 0 Å². The summed E-state index contributed by atoms with van der Waals surface area (Å²) in [5.74, 6) is -1.44. The van der Waals surface area contributed by atoms with E-state index in [1.54, 1.807) is 0 Å². The maximum Gasteiger partial charge on any atom is 0.223 e. The van der Waals surface area contributed by atoms with Gasteiger partial charge in [-0.25, -0.2) is 8.78 Å². The van der Waals surface area contributed by atoms with Crippen molar-refractivity contribution < 1.29 is 23.2 Å². The number of rotatable bonds is 10. The van der Waals surface area contributed by atoms with Gasteiger partial charge in [0.2, 0.25) is 16.9 Å². The molecule has 2 aliphatic rings. The van der Waals surface area contributed by atoms with Crippen molar-refractivity contribution in [2.24, 2.45) is 5.92 Å². The fraction of sp³-hybridized carbons (Fsp3) is 0.423. The molecule has 2 amide bonds. The third kappa shape index (κ3) is 6.44. The highest BCUT2D eigenvalue weighted by molar-refractivity contribution is 8.13. The number of carbonyl (C=O) groups is 3. The van der Waals surface area contributed by atoms with Gasteiger partial charge in [-0.1, -0.05) is 67.1 Å². The summed E-state index contributed by atoms with van der Waals surface area (Å²) < 4.78 is 27.7. The molecular formula is C26H28F2N2O3S. The van der Waals surface area contributed by atoms with Crippen molar-refractivity contribution in [3.63, 3.8) is 0 Å². The average molecular weight is 487 g/mol. The first-order valence-electron chi connectivity index (χ1n) is 11.6. The standard InChI is InChI=1S/C26H28F2N2O3S/c27-21-8-4-7-19(25(21)28)15-30-20(11-12-24(30)32)14-23(31)29-22(13-17-9-10-17)26(33)34-16-18-5-2-1-3-6-18/h1-8,17,20,22H,9-16H2,(H,29,31)/t20-,22?/m0/s1. The predicted molar refractivity (Wildman–Crippen MR) is 127 cm³/mol. The number of amides is 2. The number of nitrogens with zero attached hydrogens (tertiary/aromatic N) is 1. The van der Waals surface area contributed by atoms with Crippen molar-refractivity contribution in [1.29, 1.82) is 0 Å². The Morgan fingerprint density at radius 2 is 1.82 bits per heavy atom. The van der Waals surface area contributed by atoms with Crippen LogP contribution in [0.3, 0.4) is 0 Å². The summed E-state index contributed by atoms with van der Waals surface area (Å²) >= 11 is 1.20. The van der Waals surface area contributed by atoms with Gasteiger partial charge < -0.3 is 10.2 Å². The van der Waals surface area contributed by atoms with Crippen molar-refractivity contribution in [3.8, 4) is 0 Å². The molecule has 8 heteroatoms. The zero-order chi connectivity index (χ0) is 24.1. The van der Waals surface area contributed by atoms with Gasteiger partial charge in [-0.3, -0.25) is 14.4 Å². The van der Waals surface area contributed by atoms with Crippen LogP contribution in [0.5, 0.6) is 0 Å². The fourth-order valence-electron chi connectivity index (χ4n) is 4.27. The molecule has 2 atom stereocenters. The van der Waals surface area contributed by atoms with Gasteiger partial charge in [0.05, 0.1) is 6.04 Å². The normalized spacial score (nSPS) is 18.7. The highest BCUT2D eigenvalue weighted by atomic mass is 32.2. The van der Waals surface area contributed by atoms with Crippen LogP contribution in [0.25, 0.3) is 0 Å². The molecule has 1 aliphatic carbocycles. The number of nitrogens with one attached hydrogen (secondary N) is 1. The Morgan fingerprint density at radius 3 is 2.56 bits per heavy atom. The Bertz CT molecular complexity index is 1050. The van der Waals surface area contributed by atoms with E-state index in [-0.39, 0.29) is 41.9 Å². The van der Waals surface area contributed by atoms with Gasteiger partial charge in [0.25, 0.3) is 0 Å². The molecule has 2 aromatic carbocycles. The van der Waals surface area contributed by atoms with E-state index in [0.717, 1.165) is 24.5 Å². The average Bonchev–Trinajstić information content (AvgIpc) is 3.59. The number of thioether (sulfide) groups is 1. The van der Waals surface area contributed by atoms with E-state index in [4.69, 9.17) is 0 Å². The maximum absolute atomic E-state index is 14.1. The Kier molecular flexibility index (Phi) is 7.98. The molecule has 0 radical (unpaired) electrons. The largest absolute Gasteiger partial charge is 0.345 e. The van der Waals surface area contributed by atoms with Crippen molar-refractivity contribution in [2.45, 2.75) is 62.9 Å². The van der Waals surface area contributed by atoms with Gasteiger partial charge in [0.1, 0.15) is 0 Å². The minimum Gasteiger partial charge on any atom is -0.345 e. The van der Waals surface area contributed by atoms with E-state index < -0.39 is 23.7 Å². The Morgan fingerprint density at radius 1 is 1.06 bits per heavy atom. The van der Waals surface area contributed by atoms with Gasteiger partial charge in [0.15, 0.2) is 11.6 Å². The molecule has 1 unspecified atom stereocenters. The van der Waals surface area contributed by atoms with Crippen LogP contribution in [0.1, 0.15) is 49.7 Å². The number of carbonyl (C=O) groups excluding carboxylic acids is 3. The van der Waals surface area contributed by atoms with Crippen LogP contribution in [0.15, 0.2) is 48.5 Å². The quantitative estimate of drug-likeness (QED) is 0.534. The van der Waals surface area contributed by atoms with E-state index in [1.165, 1.54) is 28.8 Å². The summed E-state index contributed by atoms with van der Waals surface area (Å²) in [7, 11) is 0. The molecule has 1 N–H and O–H groups in total. The van der Waals surface area contributed by atoms with Crippen LogP contribution in [0, 0.1) is 17.6 Å². The molecular weight excluding hydrogens is 458 g/mol. The predicted octanol–water partition coefficient (Wildman–Crippen LogP) is 4.59. The van der Waals surface area contributed by atoms with Crippen LogP contribution in [-0.2, 0) is 26.7 Å². The zero-order valence-electron chi connectivity index (χ0n) is 18.8. The van der Waals surface area contributed by atoms with Crippen molar-refractivity contribution in [2.75, 3.05) is 0 Å². The Labute approximate surface area is 202 Å². The summed E-state index contributed by atoms with van der Waals surface area (Å²) in [6, 6.07) is 12.6. The van der Waals surface area contributed by atoms with E-state index in [1.807, 2.05) is 30.3 Å². The molecule has 0 aromatic heterocycles. The van der Waals surface area contributed by atoms with Gasteiger partial charge in [-0.05, 0) is 30.4 Å². The number of likely N-dealkylation sites (tertiary alicyclic amines) is 1. The van der Waals surface area contributed by atoms with Gasteiger partial charge in [-0.2, -0.15) is 0 Å². The fourth-order valence-corrected chi connectivity index (χ4v) is 5.13. The number of hydrogen-bond donors (Lipinski definition) is 1. The first-order chi connectivity index (χ1) is 16.4. The molecule has 2 aromatic rings. The molecule has 2 fully saturated rings. The van der Waals surface area contributed by atoms with Crippen LogP contribution in [-0.4, -0.2) is 33.9 Å². The lowest BCUT2D eigenvalue weighted by molar-refractivity contribution is -0.131. The molecule has 1 heterocycles. The van der Waals surface area contributed by atoms with E-state index in [2.05, 4.69) is 5.32 Å². The summed E-state index contributed by atoms with van der Waals surface area (Å²) in [4.78, 5) is 39.6. The summed E-state index contributed by atoms with van der Waals surface area (Å²) in [5, 5.41) is 2.83. The molecule has 4 rings (SSSR count). The SMILES string of the molecule is O=C(C[C@@H]1CCC(=O)N1Cc1cccc(F)c1F)NC(CC1CC1)C(=O)SCc1ccccc1. The molecule has 1 saturated heterocycles. The summed E-state index contributed by atoms with van der Waals surface area (Å²) in [5.41, 5.74) is 1.13. The second-order valence-corrected chi connectivity index (χ2v) is 10.0. The van der Waals surface area contributed by atoms with Crippen LogP contribution >= 0.6 is 11.8 Å². The van der Waals surface area contributed by atoms with Crippen LogP contribution in [0.4, 0.5) is 8.78 Å².